The molecule has 0 saturated heterocycles. The minimum atomic E-state index is -1.11. The number of aromatic amines is 1. The smallest absolute Gasteiger partial charge is 0.326 e. The number of aromatic nitrogens is 2. The van der Waals surface area contributed by atoms with Gasteiger partial charge in [-0.05, 0) is 57.7 Å². The van der Waals surface area contributed by atoms with E-state index < -0.39 is 17.9 Å². The van der Waals surface area contributed by atoms with Gasteiger partial charge in [0.1, 0.15) is 23.1 Å². The third kappa shape index (κ3) is 5.15. The molecule has 7 nitrogen and oxygen atoms in total. The second kappa shape index (κ2) is 10.2. The van der Waals surface area contributed by atoms with Crippen LogP contribution in [0, 0.1) is 5.92 Å². The molecule has 40 heavy (non-hydrogen) atoms. The molecule has 0 aliphatic heterocycles. The highest BCUT2D eigenvalue weighted by molar-refractivity contribution is 6.11. The zero-order chi connectivity index (χ0) is 28.8. The molecule has 204 valence electrons. The molecular formula is C33H33N3O4. The number of nitrogens with zero attached hydrogens (tertiary/aromatic N) is 1. The summed E-state index contributed by atoms with van der Waals surface area (Å²) in [6, 6.07) is 22.4. The van der Waals surface area contributed by atoms with Gasteiger partial charge in [0.2, 0.25) is 0 Å². The maximum atomic E-state index is 12.8. The largest absolute Gasteiger partial charge is 0.507 e. The third-order valence-corrected chi connectivity index (χ3v) is 7.25. The van der Waals surface area contributed by atoms with Gasteiger partial charge in [0.25, 0.3) is 5.91 Å². The zero-order valence-corrected chi connectivity index (χ0v) is 23.2. The van der Waals surface area contributed by atoms with Gasteiger partial charge in [-0.1, -0.05) is 83.1 Å². The van der Waals surface area contributed by atoms with Crippen LogP contribution in [0.3, 0.4) is 0 Å². The van der Waals surface area contributed by atoms with Crippen LogP contribution in [-0.4, -0.2) is 38.1 Å². The highest BCUT2D eigenvalue weighted by Gasteiger charge is 2.25. The van der Waals surface area contributed by atoms with E-state index >= 15 is 0 Å². The van der Waals surface area contributed by atoms with Gasteiger partial charge in [0.05, 0.1) is 10.9 Å². The lowest BCUT2D eigenvalue weighted by atomic mass is 9.86. The monoisotopic (exact) mass is 535 g/mol. The van der Waals surface area contributed by atoms with Crippen molar-refractivity contribution in [2.45, 2.75) is 46.1 Å². The van der Waals surface area contributed by atoms with Crippen LogP contribution in [0.15, 0.2) is 72.8 Å². The van der Waals surface area contributed by atoms with E-state index in [1.807, 2.05) is 18.2 Å². The first kappa shape index (κ1) is 26.9. The average molecular weight is 536 g/mol. The van der Waals surface area contributed by atoms with Crippen molar-refractivity contribution in [1.29, 1.82) is 0 Å². The van der Waals surface area contributed by atoms with Crippen LogP contribution in [0.4, 0.5) is 0 Å². The van der Waals surface area contributed by atoms with E-state index in [1.54, 1.807) is 26.0 Å². The number of aliphatic carboxylic acids is 1. The molecule has 4 N–H and O–H groups in total. The number of hydrogen-bond acceptors (Lipinski definition) is 4. The number of fused-ring (bicyclic) bond motifs is 3. The van der Waals surface area contributed by atoms with Crippen molar-refractivity contribution in [3.8, 4) is 28.3 Å². The molecule has 0 radical (unpaired) electrons. The van der Waals surface area contributed by atoms with Crippen LogP contribution in [0.5, 0.6) is 5.75 Å². The first-order valence-electron chi connectivity index (χ1n) is 13.3. The zero-order valence-electron chi connectivity index (χ0n) is 23.2. The molecule has 0 fully saturated rings. The number of phenolic OH excluding ortho intramolecular Hbond substituents is 1. The van der Waals surface area contributed by atoms with Crippen LogP contribution in [0.2, 0.25) is 0 Å². The van der Waals surface area contributed by atoms with Gasteiger partial charge in [0.15, 0.2) is 0 Å². The van der Waals surface area contributed by atoms with E-state index in [0.717, 1.165) is 22.2 Å². The Kier molecular flexibility index (Phi) is 6.84. The normalized spacial score (nSPS) is 12.7. The molecule has 0 spiro atoms. The Morgan fingerprint density at radius 3 is 2.25 bits per heavy atom. The van der Waals surface area contributed by atoms with Gasteiger partial charge in [-0.3, -0.25) is 4.79 Å². The fourth-order valence-corrected chi connectivity index (χ4v) is 4.92. The van der Waals surface area contributed by atoms with Gasteiger partial charge in [-0.25, -0.2) is 9.78 Å². The summed E-state index contributed by atoms with van der Waals surface area (Å²) in [7, 11) is 0. The molecule has 0 aliphatic rings. The van der Waals surface area contributed by atoms with Crippen LogP contribution in [-0.2, 0) is 10.2 Å². The summed E-state index contributed by atoms with van der Waals surface area (Å²) in [5.74, 6) is -1.40. The molecule has 4 aromatic carbocycles. The number of phenols is 1. The number of rotatable bonds is 6. The number of hydrogen-bond donors (Lipinski definition) is 4. The molecule has 5 aromatic rings. The Bertz CT molecular complexity index is 1740. The van der Waals surface area contributed by atoms with Crippen LogP contribution < -0.4 is 5.32 Å². The fourth-order valence-electron chi connectivity index (χ4n) is 4.92. The molecule has 0 bridgehead atoms. The summed E-state index contributed by atoms with van der Waals surface area (Å²) in [4.78, 5) is 32.5. The predicted octanol–water partition coefficient (Wildman–Crippen LogP) is 6.89. The Labute approximate surface area is 232 Å². The SMILES string of the molecule is CC(C)C(NC(=O)c1cc(O)c2c(ccc3[nH]c(-c4cccc(-c5ccc(C(C)(C)C)cc5)c4)nc32)c1)C(=O)O. The van der Waals surface area contributed by atoms with Gasteiger partial charge in [-0.15, -0.1) is 0 Å². The van der Waals surface area contributed by atoms with E-state index in [4.69, 9.17) is 4.98 Å². The maximum Gasteiger partial charge on any atom is 0.326 e. The predicted molar refractivity (Wildman–Crippen MR) is 159 cm³/mol. The van der Waals surface area contributed by atoms with E-state index in [0.29, 0.717) is 22.1 Å². The number of carbonyl (C=O) groups excluding carboxylic acids is 1. The maximum absolute atomic E-state index is 12.8. The summed E-state index contributed by atoms with van der Waals surface area (Å²) in [5, 5.41) is 24.1. The molecular weight excluding hydrogens is 502 g/mol. The molecule has 1 amide bonds. The molecule has 5 rings (SSSR count). The molecule has 1 unspecified atom stereocenters. The number of imidazole rings is 1. The first-order valence-corrected chi connectivity index (χ1v) is 13.3. The number of carbonyl (C=O) groups is 2. The number of carboxylic acids is 1. The summed E-state index contributed by atoms with van der Waals surface area (Å²) in [6.07, 6.45) is 0. The quantitative estimate of drug-likeness (QED) is 0.189. The van der Waals surface area contributed by atoms with Gasteiger partial charge < -0.3 is 20.5 Å². The third-order valence-electron chi connectivity index (χ3n) is 7.25. The topological polar surface area (TPSA) is 115 Å². The summed E-state index contributed by atoms with van der Waals surface area (Å²) in [6.45, 7) is 10.0. The number of carboxylic acid groups (broad SMARTS) is 1. The van der Waals surface area contributed by atoms with Crippen molar-refractivity contribution >= 4 is 33.7 Å². The highest BCUT2D eigenvalue weighted by atomic mass is 16.4. The fraction of sp³-hybridized carbons (Fsp3) is 0.242. The number of nitrogens with one attached hydrogen (secondary N) is 2. The van der Waals surface area contributed by atoms with Crippen LogP contribution in [0.25, 0.3) is 44.3 Å². The summed E-state index contributed by atoms with van der Waals surface area (Å²) < 4.78 is 0. The molecule has 1 aromatic heterocycles. The minimum absolute atomic E-state index is 0.0858. The van der Waals surface area contributed by atoms with Crippen LogP contribution in [0.1, 0.15) is 50.5 Å². The lowest BCUT2D eigenvalue weighted by Crippen LogP contribution is -2.44. The lowest BCUT2D eigenvalue weighted by Gasteiger charge is -2.19. The summed E-state index contributed by atoms with van der Waals surface area (Å²) in [5.41, 5.74) is 5.97. The number of benzene rings is 4. The van der Waals surface area contributed by atoms with Crippen molar-refractivity contribution in [2.24, 2.45) is 5.92 Å². The summed E-state index contributed by atoms with van der Waals surface area (Å²) >= 11 is 0. The van der Waals surface area contributed by atoms with Crippen LogP contribution >= 0.6 is 0 Å². The number of amides is 1. The van der Waals surface area contributed by atoms with Crippen molar-refractivity contribution in [3.63, 3.8) is 0 Å². The van der Waals surface area contributed by atoms with Crippen molar-refractivity contribution in [1.82, 2.24) is 15.3 Å². The Hall–Kier alpha value is -4.65. The van der Waals surface area contributed by atoms with Crippen molar-refractivity contribution in [2.75, 3.05) is 0 Å². The van der Waals surface area contributed by atoms with Gasteiger partial charge in [0, 0.05) is 11.1 Å². The Morgan fingerprint density at radius 2 is 1.60 bits per heavy atom. The molecule has 7 heteroatoms. The molecule has 1 heterocycles. The van der Waals surface area contributed by atoms with E-state index in [-0.39, 0.29) is 22.6 Å². The van der Waals surface area contributed by atoms with E-state index in [1.165, 1.54) is 11.6 Å². The molecule has 0 aliphatic carbocycles. The lowest BCUT2D eigenvalue weighted by molar-refractivity contribution is -0.140. The average Bonchev–Trinajstić information content (AvgIpc) is 3.35. The first-order chi connectivity index (χ1) is 18.9. The second-order valence-electron chi connectivity index (χ2n) is 11.6. The highest BCUT2D eigenvalue weighted by Crippen LogP contribution is 2.35. The molecule has 1 atom stereocenters. The van der Waals surface area contributed by atoms with Gasteiger partial charge in [-0.2, -0.15) is 0 Å². The van der Waals surface area contributed by atoms with Gasteiger partial charge >= 0.3 is 5.97 Å². The Morgan fingerprint density at radius 1 is 0.900 bits per heavy atom. The second-order valence-corrected chi connectivity index (χ2v) is 11.6. The minimum Gasteiger partial charge on any atom is -0.507 e. The Balaban J connectivity index is 1.50. The van der Waals surface area contributed by atoms with E-state index in [9.17, 15) is 19.8 Å². The number of H-pyrrole nitrogens is 1. The number of aromatic hydroxyl groups is 1. The van der Waals surface area contributed by atoms with E-state index in [2.05, 4.69) is 67.5 Å². The standard InChI is InChI=1S/C33H33N3O4/c1-18(2)28(32(39)40)36-31(38)23-16-21-11-14-25-29(27(21)26(37)17-23)35-30(34-25)22-8-6-7-20(15-22)19-9-12-24(13-10-19)33(3,4)5/h6-18,28,37H,1-5H3,(H,34,35)(H,36,38)(H,39,40). The molecule has 0 saturated carbocycles. The van der Waals surface area contributed by atoms with Crippen molar-refractivity contribution in [3.05, 3.63) is 83.9 Å². The van der Waals surface area contributed by atoms with Crippen molar-refractivity contribution < 1.29 is 19.8 Å².